The van der Waals surface area contributed by atoms with E-state index in [9.17, 15) is 5.11 Å². The highest BCUT2D eigenvalue weighted by Gasteiger charge is 2.20. The number of rotatable bonds is 3. The number of aliphatic hydroxyl groups excluding tert-OH is 1. The Morgan fingerprint density at radius 2 is 2.37 bits per heavy atom. The molecule has 2 aromatic rings. The van der Waals surface area contributed by atoms with Crippen LogP contribution in [0.25, 0.3) is 5.52 Å². The van der Waals surface area contributed by atoms with Crippen molar-refractivity contribution in [3.63, 3.8) is 0 Å². The molecule has 0 saturated heterocycles. The Hall–Kier alpha value is -1.14. The fourth-order valence-corrected chi connectivity index (χ4v) is 3.19. The van der Waals surface area contributed by atoms with Gasteiger partial charge in [-0.3, -0.25) is 0 Å². The molecule has 6 heteroatoms. The topological polar surface area (TPSA) is 62.5 Å². The van der Waals surface area contributed by atoms with Crippen LogP contribution in [0.3, 0.4) is 0 Å². The van der Waals surface area contributed by atoms with Crippen molar-refractivity contribution in [3.8, 4) is 0 Å². The zero-order valence-electron chi connectivity index (χ0n) is 10.6. The van der Waals surface area contributed by atoms with Crippen LogP contribution in [0, 0.1) is 5.92 Å². The minimum Gasteiger partial charge on any atom is -0.393 e. The molecule has 1 aliphatic carbocycles. The van der Waals surface area contributed by atoms with E-state index in [1.165, 1.54) is 6.42 Å². The van der Waals surface area contributed by atoms with E-state index in [0.717, 1.165) is 41.6 Å². The first-order valence-corrected chi connectivity index (χ1v) is 7.43. The van der Waals surface area contributed by atoms with Crippen LogP contribution in [0.15, 0.2) is 23.1 Å². The van der Waals surface area contributed by atoms with Gasteiger partial charge in [-0.1, -0.05) is 6.42 Å². The molecule has 2 N–H and O–H groups in total. The second-order valence-corrected chi connectivity index (χ2v) is 5.98. The average molecular weight is 325 g/mol. The number of hydrogen-bond donors (Lipinski definition) is 2. The molecule has 2 atom stereocenters. The summed E-state index contributed by atoms with van der Waals surface area (Å²) in [5.74, 6) is 1.36. The fourth-order valence-electron chi connectivity index (χ4n) is 2.73. The first kappa shape index (κ1) is 12.9. The number of hydrogen-bond acceptors (Lipinski definition) is 4. The van der Waals surface area contributed by atoms with E-state index in [0.29, 0.717) is 5.92 Å². The SMILES string of the molecule is OC1CCCC(CNc2nccn3ncc(Br)c23)C1. The predicted octanol–water partition coefficient (Wildman–Crippen LogP) is 2.45. The van der Waals surface area contributed by atoms with Crippen molar-refractivity contribution in [2.75, 3.05) is 11.9 Å². The van der Waals surface area contributed by atoms with Gasteiger partial charge < -0.3 is 10.4 Å². The Balaban J connectivity index is 1.73. The molecule has 2 heterocycles. The highest BCUT2D eigenvalue weighted by atomic mass is 79.9. The maximum Gasteiger partial charge on any atom is 0.153 e. The molecule has 102 valence electrons. The lowest BCUT2D eigenvalue weighted by atomic mass is 9.87. The first-order chi connectivity index (χ1) is 9.24. The van der Waals surface area contributed by atoms with Crippen LogP contribution < -0.4 is 5.32 Å². The maximum absolute atomic E-state index is 9.69. The average Bonchev–Trinajstić information content (AvgIpc) is 2.79. The third-order valence-electron chi connectivity index (χ3n) is 3.70. The lowest BCUT2D eigenvalue weighted by molar-refractivity contribution is 0.104. The minimum atomic E-state index is -0.133. The molecule has 5 nitrogen and oxygen atoms in total. The predicted molar refractivity (Wildman–Crippen MR) is 77.1 cm³/mol. The van der Waals surface area contributed by atoms with Crippen molar-refractivity contribution >= 4 is 27.3 Å². The van der Waals surface area contributed by atoms with E-state index in [4.69, 9.17) is 0 Å². The van der Waals surface area contributed by atoms with Crippen molar-refractivity contribution in [2.24, 2.45) is 5.92 Å². The number of halogens is 1. The number of nitrogens with one attached hydrogen (secondary N) is 1. The van der Waals surface area contributed by atoms with Crippen LogP contribution in [0.5, 0.6) is 0 Å². The Morgan fingerprint density at radius 1 is 1.47 bits per heavy atom. The second kappa shape index (κ2) is 5.46. The molecule has 0 amide bonds. The van der Waals surface area contributed by atoms with E-state index in [-0.39, 0.29) is 6.10 Å². The van der Waals surface area contributed by atoms with Gasteiger partial charge in [-0.15, -0.1) is 0 Å². The number of anilines is 1. The Bertz CT molecular complexity index is 571. The van der Waals surface area contributed by atoms with Gasteiger partial charge in [0.2, 0.25) is 0 Å². The summed E-state index contributed by atoms with van der Waals surface area (Å²) in [6.07, 6.45) is 9.32. The highest BCUT2D eigenvalue weighted by Crippen LogP contribution is 2.26. The zero-order chi connectivity index (χ0) is 13.2. The third-order valence-corrected chi connectivity index (χ3v) is 4.28. The molecule has 1 aliphatic rings. The highest BCUT2D eigenvalue weighted by molar-refractivity contribution is 9.10. The number of aromatic nitrogens is 3. The molecule has 0 aromatic carbocycles. The van der Waals surface area contributed by atoms with Crippen LogP contribution >= 0.6 is 15.9 Å². The van der Waals surface area contributed by atoms with Gasteiger partial charge in [0, 0.05) is 18.9 Å². The van der Waals surface area contributed by atoms with E-state index >= 15 is 0 Å². The van der Waals surface area contributed by atoms with Gasteiger partial charge in [0.25, 0.3) is 0 Å². The smallest absolute Gasteiger partial charge is 0.153 e. The molecule has 0 bridgehead atoms. The summed E-state index contributed by atoms with van der Waals surface area (Å²) in [6, 6.07) is 0. The third kappa shape index (κ3) is 2.74. The Kier molecular flexibility index (Phi) is 3.70. The normalized spacial score (nSPS) is 23.7. The van der Waals surface area contributed by atoms with E-state index in [1.807, 2.05) is 6.20 Å². The Morgan fingerprint density at radius 3 is 3.21 bits per heavy atom. The van der Waals surface area contributed by atoms with Crippen molar-refractivity contribution < 1.29 is 5.11 Å². The van der Waals surface area contributed by atoms with E-state index < -0.39 is 0 Å². The van der Waals surface area contributed by atoms with Gasteiger partial charge in [0.1, 0.15) is 5.52 Å². The molecule has 2 aromatic heterocycles. The molecule has 2 unspecified atom stereocenters. The molecule has 19 heavy (non-hydrogen) atoms. The molecule has 1 saturated carbocycles. The molecule has 0 radical (unpaired) electrons. The van der Waals surface area contributed by atoms with Crippen LogP contribution in [-0.4, -0.2) is 32.4 Å². The van der Waals surface area contributed by atoms with Gasteiger partial charge >= 0.3 is 0 Å². The summed E-state index contributed by atoms with van der Waals surface area (Å²) in [6.45, 7) is 0.849. The van der Waals surface area contributed by atoms with Crippen LogP contribution in [0.4, 0.5) is 5.82 Å². The van der Waals surface area contributed by atoms with Crippen molar-refractivity contribution in [3.05, 3.63) is 23.1 Å². The zero-order valence-corrected chi connectivity index (χ0v) is 12.2. The number of fused-ring (bicyclic) bond motifs is 1. The van der Waals surface area contributed by atoms with Crippen LogP contribution in [0.2, 0.25) is 0 Å². The Labute approximate surface area is 120 Å². The van der Waals surface area contributed by atoms with Crippen LogP contribution in [-0.2, 0) is 0 Å². The summed E-state index contributed by atoms with van der Waals surface area (Å²) in [5, 5.41) is 17.3. The summed E-state index contributed by atoms with van der Waals surface area (Å²) < 4.78 is 2.74. The molecule has 3 rings (SSSR count). The number of nitrogens with zero attached hydrogens (tertiary/aromatic N) is 3. The van der Waals surface area contributed by atoms with Crippen molar-refractivity contribution in [1.29, 1.82) is 0 Å². The summed E-state index contributed by atoms with van der Waals surface area (Å²) >= 11 is 3.49. The van der Waals surface area contributed by atoms with Gasteiger partial charge in [0.15, 0.2) is 5.82 Å². The minimum absolute atomic E-state index is 0.133. The van der Waals surface area contributed by atoms with E-state index in [1.54, 1.807) is 16.9 Å². The molecule has 0 aliphatic heterocycles. The van der Waals surface area contributed by atoms with Gasteiger partial charge in [-0.25, -0.2) is 9.50 Å². The lowest BCUT2D eigenvalue weighted by Gasteiger charge is -2.26. The van der Waals surface area contributed by atoms with Gasteiger partial charge in [0.05, 0.1) is 16.8 Å². The van der Waals surface area contributed by atoms with E-state index in [2.05, 4.69) is 31.3 Å². The quantitative estimate of drug-likeness (QED) is 0.910. The van der Waals surface area contributed by atoms with Crippen molar-refractivity contribution in [2.45, 2.75) is 31.8 Å². The summed E-state index contributed by atoms with van der Waals surface area (Å²) in [5.41, 5.74) is 0.957. The van der Waals surface area contributed by atoms with Crippen LogP contribution in [0.1, 0.15) is 25.7 Å². The second-order valence-electron chi connectivity index (χ2n) is 5.13. The lowest BCUT2D eigenvalue weighted by Crippen LogP contribution is -2.25. The molecular formula is C13H17BrN4O. The largest absolute Gasteiger partial charge is 0.393 e. The molecule has 1 fully saturated rings. The standard InChI is InChI=1S/C13H17BrN4O/c14-11-8-17-18-5-4-15-13(12(11)18)16-7-9-2-1-3-10(19)6-9/h4-5,8-10,19H,1-3,6-7H2,(H,15,16). The monoisotopic (exact) mass is 324 g/mol. The fraction of sp³-hybridized carbons (Fsp3) is 0.538. The number of aliphatic hydroxyl groups is 1. The summed E-state index contributed by atoms with van der Waals surface area (Å²) in [7, 11) is 0. The van der Waals surface area contributed by atoms with Gasteiger partial charge in [-0.05, 0) is 41.1 Å². The maximum atomic E-state index is 9.69. The van der Waals surface area contributed by atoms with Gasteiger partial charge in [-0.2, -0.15) is 5.10 Å². The molecular weight excluding hydrogens is 308 g/mol. The van der Waals surface area contributed by atoms with Crippen molar-refractivity contribution in [1.82, 2.24) is 14.6 Å². The first-order valence-electron chi connectivity index (χ1n) is 6.64. The summed E-state index contributed by atoms with van der Waals surface area (Å²) in [4.78, 5) is 4.38. The molecule has 0 spiro atoms.